The lowest BCUT2D eigenvalue weighted by Gasteiger charge is -2.20. The van der Waals surface area contributed by atoms with E-state index in [4.69, 9.17) is 0 Å². The summed E-state index contributed by atoms with van der Waals surface area (Å²) in [7, 11) is 0. The fraction of sp³-hybridized carbons (Fsp3) is 0.727. The van der Waals surface area contributed by atoms with Crippen LogP contribution in [0.15, 0.2) is 12.3 Å². The van der Waals surface area contributed by atoms with Gasteiger partial charge in [0.15, 0.2) is 0 Å². The van der Waals surface area contributed by atoms with Crippen LogP contribution in [0.2, 0.25) is 0 Å². The first kappa shape index (κ1) is 12.2. The van der Waals surface area contributed by atoms with E-state index in [0.717, 1.165) is 26.1 Å². The van der Waals surface area contributed by atoms with Gasteiger partial charge in [0, 0.05) is 43.5 Å². The number of aromatic nitrogens is 2. The Bertz CT molecular complexity index is 248. The van der Waals surface area contributed by atoms with Gasteiger partial charge in [-0.25, -0.2) is 0 Å². The van der Waals surface area contributed by atoms with Crippen molar-refractivity contribution < 1.29 is 0 Å². The third-order valence-corrected chi connectivity index (χ3v) is 2.09. The van der Waals surface area contributed by atoms with Crippen molar-refractivity contribution >= 4 is 0 Å². The molecule has 0 amide bonds. The molecule has 1 heterocycles. The SMILES string of the molecule is CC(C)(C)NCCNCCc1ccn[nH]1. The van der Waals surface area contributed by atoms with Crippen molar-refractivity contribution in [2.24, 2.45) is 0 Å². The molecule has 0 fully saturated rings. The number of rotatable bonds is 6. The monoisotopic (exact) mass is 210 g/mol. The Hall–Kier alpha value is -0.870. The van der Waals surface area contributed by atoms with Gasteiger partial charge in [-0.05, 0) is 26.8 Å². The van der Waals surface area contributed by atoms with Crippen molar-refractivity contribution in [2.75, 3.05) is 19.6 Å². The van der Waals surface area contributed by atoms with Gasteiger partial charge in [-0.15, -0.1) is 0 Å². The maximum Gasteiger partial charge on any atom is 0.0490 e. The molecule has 3 N–H and O–H groups in total. The number of hydrogen-bond acceptors (Lipinski definition) is 3. The highest BCUT2D eigenvalue weighted by atomic mass is 15.1. The third-order valence-electron chi connectivity index (χ3n) is 2.09. The molecule has 1 aromatic heterocycles. The Morgan fingerprint density at radius 3 is 2.67 bits per heavy atom. The van der Waals surface area contributed by atoms with Crippen molar-refractivity contribution in [3.63, 3.8) is 0 Å². The van der Waals surface area contributed by atoms with Gasteiger partial charge in [0.2, 0.25) is 0 Å². The summed E-state index contributed by atoms with van der Waals surface area (Å²) in [6.07, 6.45) is 2.80. The molecular weight excluding hydrogens is 188 g/mol. The Kier molecular flexibility index (Phi) is 4.78. The van der Waals surface area contributed by atoms with Crippen LogP contribution in [0, 0.1) is 0 Å². The molecule has 0 radical (unpaired) electrons. The molecule has 15 heavy (non-hydrogen) atoms. The summed E-state index contributed by atoms with van der Waals surface area (Å²) in [6.45, 7) is 9.54. The molecule has 86 valence electrons. The highest BCUT2D eigenvalue weighted by Gasteiger charge is 2.06. The average Bonchev–Trinajstić information content (AvgIpc) is 2.61. The second-order valence-electron chi connectivity index (χ2n) is 4.76. The number of aromatic amines is 1. The number of hydrogen-bond donors (Lipinski definition) is 3. The standard InChI is InChI=1S/C11H22N4/c1-11(2,3)13-9-8-12-6-4-10-5-7-14-15-10/h5,7,12-13H,4,6,8-9H2,1-3H3,(H,14,15). The van der Waals surface area contributed by atoms with E-state index in [9.17, 15) is 0 Å². The maximum absolute atomic E-state index is 3.90. The van der Waals surface area contributed by atoms with E-state index in [1.54, 1.807) is 6.20 Å². The van der Waals surface area contributed by atoms with Crippen LogP contribution in [0.5, 0.6) is 0 Å². The molecule has 0 saturated heterocycles. The Morgan fingerprint density at radius 2 is 2.07 bits per heavy atom. The number of H-pyrrole nitrogens is 1. The van der Waals surface area contributed by atoms with Gasteiger partial charge in [-0.3, -0.25) is 5.10 Å². The lowest BCUT2D eigenvalue weighted by molar-refractivity contribution is 0.422. The van der Waals surface area contributed by atoms with Crippen molar-refractivity contribution in [2.45, 2.75) is 32.7 Å². The zero-order valence-electron chi connectivity index (χ0n) is 9.93. The molecule has 0 unspecified atom stereocenters. The van der Waals surface area contributed by atoms with Crippen LogP contribution in [0.4, 0.5) is 0 Å². The van der Waals surface area contributed by atoms with Gasteiger partial charge in [0.25, 0.3) is 0 Å². The second-order valence-corrected chi connectivity index (χ2v) is 4.76. The number of nitrogens with zero attached hydrogens (tertiary/aromatic N) is 1. The molecule has 0 atom stereocenters. The van der Waals surface area contributed by atoms with E-state index in [1.807, 2.05) is 6.07 Å². The first-order valence-electron chi connectivity index (χ1n) is 5.52. The van der Waals surface area contributed by atoms with Crippen molar-refractivity contribution in [1.29, 1.82) is 0 Å². The van der Waals surface area contributed by atoms with Gasteiger partial charge in [-0.1, -0.05) is 0 Å². The predicted octanol–water partition coefficient (Wildman–Crippen LogP) is 0.930. The number of nitrogens with one attached hydrogen (secondary N) is 3. The van der Waals surface area contributed by atoms with Gasteiger partial charge < -0.3 is 10.6 Å². The minimum absolute atomic E-state index is 0.213. The van der Waals surface area contributed by atoms with E-state index in [-0.39, 0.29) is 5.54 Å². The largest absolute Gasteiger partial charge is 0.315 e. The molecule has 0 aliphatic heterocycles. The van der Waals surface area contributed by atoms with E-state index in [2.05, 4.69) is 41.6 Å². The maximum atomic E-state index is 3.90. The van der Waals surface area contributed by atoms with Crippen molar-refractivity contribution in [3.05, 3.63) is 18.0 Å². The predicted molar refractivity (Wildman–Crippen MR) is 62.9 cm³/mol. The molecule has 1 rings (SSSR count). The topological polar surface area (TPSA) is 52.7 Å². The normalized spacial score (nSPS) is 11.9. The lowest BCUT2D eigenvalue weighted by Crippen LogP contribution is -2.40. The molecule has 0 saturated carbocycles. The quantitative estimate of drug-likeness (QED) is 0.612. The average molecular weight is 210 g/mol. The zero-order valence-corrected chi connectivity index (χ0v) is 9.93. The van der Waals surface area contributed by atoms with E-state index >= 15 is 0 Å². The van der Waals surface area contributed by atoms with E-state index in [0.29, 0.717) is 0 Å². The summed E-state index contributed by atoms with van der Waals surface area (Å²) in [6, 6.07) is 2.01. The lowest BCUT2D eigenvalue weighted by atomic mass is 10.1. The summed E-state index contributed by atoms with van der Waals surface area (Å²) in [5.41, 5.74) is 1.40. The highest BCUT2D eigenvalue weighted by molar-refractivity contribution is 4.97. The van der Waals surface area contributed by atoms with Crippen LogP contribution in [0.25, 0.3) is 0 Å². The van der Waals surface area contributed by atoms with Gasteiger partial charge in [-0.2, -0.15) is 5.10 Å². The molecule has 0 aliphatic rings. The summed E-state index contributed by atoms with van der Waals surface area (Å²) in [4.78, 5) is 0. The van der Waals surface area contributed by atoms with Crippen molar-refractivity contribution in [3.8, 4) is 0 Å². The van der Waals surface area contributed by atoms with Crippen LogP contribution >= 0.6 is 0 Å². The molecule has 0 bridgehead atoms. The van der Waals surface area contributed by atoms with Crippen LogP contribution in [-0.2, 0) is 6.42 Å². The van der Waals surface area contributed by atoms with Gasteiger partial charge in [0.05, 0.1) is 0 Å². The molecule has 4 heteroatoms. The highest BCUT2D eigenvalue weighted by Crippen LogP contribution is 1.96. The summed E-state index contributed by atoms with van der Waals surface area (Å²) in [5.74, 6) is 0. The summed E-state index contributed by atoms with van der Waals surface area (Å²) >= 11 is 0. The minimum Gasteiger partial charge on any atom is -0.315 e. The fourth-order valence-corrected chi connectivity index (χ4v) is 1.30. The second kappa shape index (κ2) is 5.88. The first-order chi connectivity index (χ1) is 7.08. The fourth-order valence-electron chi connectivity index (χ4n) is 1.30. The summed E-state index contributed by atoms with van der Waals surface area (Å²) < 4.78 is 0. The van der Waals surface area contributed by atoms with Crippen LogP contribution in [-0.4, -0.2) is 35.4 Å². The van der Waals surface area contributed by atoms with E-state index < -0.39 is 0 Å². The first-order valence-corrected chi connectivity index (χ1v) is 5.52. The smallest absolute Gasteiger partial charge is 0.0490 e. The van der Waals surface area contributed by atoms with Crippen LogP contribution < -0.4 is 10.6 Å². The molecule has 0 aliphatic carbocycles. The Balaban J connectivity index is 1.94. The van der Waals surface area contributed by atoms with Gasteiger partial charge >= 0.3 is 0 Å². The van der Waals surface area contributed by atoms with Crippen LogP contribution in [0.1, 0.15) is 26.5 Å². The van der Waals surface area contributed by atoms with Crippen LogP contribution in [0.3, 0.4) is 0 Å². The molecular formula is C11H22N4. The molecule has 1 aromatic rings. The molecule has 4 nitrogen and oxygen atoms in total. The molecule has 0 aromatic carbocycles. The van der Waals surface area contributed by atoms with Gasteiger partial charge in [0.1, 0.15) is 0 Å². The van der Waals surface area contributed by atoms with Crippen molar-refractivity contribution in [1.82, 2.24) is 20.8 Å². The summed E-state index contributed by atoms with van der Waals surface area (Å²) in [5, 5.41) is 13.7. The minimum atomic E-state index is 0.213. The van der Waals surface area contributed by atoms with E-state index in [1.165, 1.54) is 5.69 Å². The molecule has 0 spiro atoms. The Morgan fingerprint density at radius 1 is 1.27 bits per heavy atom. The zero-order chi connectivity index (χ0) is 11.1. The third kappa shape index (κ3) is 6.25. The Labute approximate surface area is 91.8 Å².